The molecule has 1 saturated carbocycles. The number of nitrogens with zero attached hydrogens (tertiary/aromatic N) is 2. The van der Waals surface area contributed by atoms with Crippen molar-refractivity contribution in [2.45, 2.75) is 46.1 Å². The van der Waals surface area contributed by atoms with Crippen molar-refractivity contribution in [3.63, 3.8) is 0 Å². The Bertz CT molecular complexity index is 519. The molecule has 0 heterocycles. The molecule has 2 nitrogen and oxygen atoms in total. The van der Waals surface area contributed by atoms with Crippen molar-refractivity contribution in [2.24, 2.45) is 5.41 Å². The number of rotatable bonds is 3. The SMILES string of the molecule is Cc1ccc(C(N(C)C)C2(C#N)CCC2)c(C)c1C. The summed E-state index contributed by atoms with van der Waals surface area (Å²) in [6, 6.07) is 7.24. The molecular weight excluding hydrogens is 232 g/mol. The lowest BCUT2D eigenvalue weighted by Gasteiger charge is -2.46. The summed E-state index contributed by atoms with van der Waals surface area (Å²) in [6.07, 6.45) is 3.24. The van der Waals surface area contributed by atoms with E-state index in [1.807, 2.05) is 0 Å². The Labute approximate surface area is 117 Å². The molecule has 1 aromatic rings. The Kier molecular flexibility index (Phi) is 3.69. The third kappa shape index (κ3) is 2.17. The maximum atomic E-state index is 9.66. The Balaban J connectivity index is 2.53. The summed E-state index contributed by atoms with van der Waals surface area (Å²) in [4.78, 5) is 2.22. The molecule has 1 atom stereocenters. The van der Waals surface area contributed by atoms with Crippen LogP contribution in [0.5, 0.6) is 0 Å². The molecule has 2 heteroatoms. The minimum Gasteiger partial charge on any atom is -0.301 e. The third-order valence-corrected chi connectivity index (χ3v) is 4.90. The van der Waals surface area contributed by atoms with Gasteiger partial charge in [0.15, 0.2) is 0 Å². The Hall–Kier alpha value is -1.33. The second-order valence-corrected chi connectivity index (χ2v) is 6.21. The van der Waals surface area contributed by atoms with E-state index in [9.17, 15) is 5.26 Å². The summed E-state index contributed by atoms with van der Waals surface area (Å²) < 4.78 is 0. The van der Waals surface area contributed by atoms with Gasteiger partial charge in [0, 0.05) is 0 Å². The first kappa shape index (κ1) is 14.1. The van der Waals surface area contributed by atoms with Gasteiger partial charge < -0.3 is 4.90 Å². The predicted molar refractivity (Wildman–Crippen MR) is 79.0 cm³/mol. The van der Waals surface area contributed by atoms with E-state index in [-0.39, 0.29) is 11.5 Å². The van der Waals surface area contributed by atoms with Crippen LogP contribution in [0.2, 0.25) is 0 Å². The summed E-state index contributed by atoms with van der Waals surface area (Å²) in [6.45, 7) is 6.53. The first-order valence-corrected chi connectivity index (χ1v) is 7.07. The van der Waals surface area contributed by atoms with Crippen molar-refractivity contribution in [3.05, 3.63) is 34.4 Å². The average Bonchev–Trinajstić information content (AvgIpc) is 2.32. The minimum absolute atomic E-state index is 0.185. The molecule has 0 aliphatic heterocycles. The smallest absolute Gasteiger partial charge is 0.0770 e. The van der Waals surface area contributed by atoms with Gasteiger partial charge in [-0.2, -0.15) is 5.26 Å². The van der Waals surface area contributed by atoms with Crippen LogP contribution in [0.4, 0.5) is 0 Å². The summed E-state index contributed by atoms with van der Waals surface area (Å²) in [7, 11) is 4.19. The number of hydrogen-bond acceptors (Lipinski definition) is 2. The summed E-state index contributed by atoms with van der Waals surface area (Å²) in [5.41, 5.74) is 5.18. The molecule has 0 bridgehead atoms. The molecule has 1 aliphatic rings. The fraction of sp³-hybridized carbons (Fsp3) is 0.588. The zero-order valence-corrected chi connectivity index (χ0v) is 12.7. The van der Waals surface area contributed by atoms with Crippen LogP contribution >= 0.6 is 0 Å². The van der Waals surface area contributed by atoms with Gasteiger partial charge in [-0.05, 0) is 70.0 Å². The molecular formula is C17H24N2. The highest BCUT2D eigenvalue weighted by molar-refractivity contribution is 5.42. The molecule has 0 aromatic heterocycles. The van der Waals surface area contributed by atoms with Gasteiger partial charge in [0.25, 0.3) is 0 Å². The molecule has 19 heavy (non-hydrogen) atoms. The Morgan fingerprint density at radius 3 is 2.21 bits per heavy atom. The molecule has 0 saturated heterocycles. The second-order valence-electron chi connectivity index (χ2n) is 6.21. The zero-order valence-electron chi connectivity index (χ0n) is 12.7. The summed E-state index contributed by atoms with van der Waals surface area (Å²) in [5, 5.41) is 9.66. The van der Waals surface area contributed by atoms with Crippen molar-refractivity contribution in [2.75, 3.05) is 14.1 Å². The van der Waals surface area contributed by atoms with E-state index >= 15 is 0 Å². The van der Waals surface area contributed by atoms with Crippen LogP contribution < -0.4 is 0 Å². The summed E-state index contributed by atoms with van der Waals surface area (Å²) >= 11 is 0. The highest BCUT2D eigenvalue weighted by atomic mass is 15.1. The van der Waals surface area contributed by atoms with E-state index < -0.39 is 0 Å². The van der Waals surface area contributed by atoms with Crippen LogP contribution in [0, 0.1) is 37.5 Å². The van der Waals surface area contributed by atoms with Gasteiger partial charge in [0.1, 0.15) is 0 Å². The molecule has 0 N–H and O–H groups in total. The number of nitriles is 1. The van der Waals surface area contributed by atoms with Crippen LogP contribution in [0.15, 0.2) is 12.1 Å². The molecule has 1 fully saturated rings. The van der Waals surface area contributed by atoms with Crippen molar-refractivity contribution in [3.8, 4) is 6.07 Å². The van der Waals surface area contributed by atoms with E-state index in [2.05, 4.69) is 58.0 Å². The van der Waals surface area contributed by atoms with Gasteiger partial charge in [0.05, 0.1) is 17.5 Å². The second kappa shape index (κ2) is 4.98. The molecule has 0 radical (unpaired) electrons. The van der Waals surface area contributed by atoms with Crippen molar-refractivity contribution >= 4 is 0 Å². The topological polar surface area (TPSA) is 27.0 Å². The highest BCUT2D eigenvalue weighted by Gasteiger charge is 2.46. The third-order valence-electron chi connectivity index (χ3n) is 4.90. The zero-order chi connectivity index (χ0) is 14.2. The van der Waals surface area contributed by atoms with E-state index in [4.69, 9.17) is 0 Å². The monoisotopic (exact) mass is 256 g/mol. The normalized spacial score (nSPS) is 18.8. The summed E-state index contributed by atoms with van der Waals surface area (Å²) in [5.74, 6) is 0. The van der Waals surface area contributed by atoms with Crippen LogP contribution in [-0.2, 0) is 0 Å². The van der Waals surface area contributed by atoms with Crippen molar-refractivity contribution in [1.82, 2.24) is 4.90 Å². The Morgan fingerprint density at radius 1 is 1.16 bits per heavy atom. The first-order chi connectivity index (χ1) is 8.93. The van der Waals surface area contributed by atoms with Crippen molar-refractivity contribution < 1.29 is 0 Å². The highest BCUT2D eigenvalue weighted by Crippen LogP contribution is 2.52. The van der Waals surface area contributed by atoms with Gasteiger partial charge in [-0.25, -0.2) is 0 Å². The van der Waals surface area contributed by atoms with E-state index in [0.29, 0.717) is 0 Å². The average molecular weight is 256 g/mol. The van der Waals surface area contributed by atoms with Crippen LogP contribution in [0.25, 0.3) is 0 Å². The fourth-order valence-electron chi connectivity index (χ4n) is 3.35. The number of benzene rings is 1. The van der Waals surface area contributed by atoms with Crippen LogP contribution in [-0.4, -0.2) is 19.0 Å². The van der Waals surface area contributed by atoms with Crippen LogP contribution in [0.3, 0.4) is 0 Å². The molecule has 1 unspecified atom stereocenters. The van der Waals surface area contributed by atoms with E-state index in [1.54, 1.807) is 0 Å². The Morgan fingerprint density at radius 2 is 1.79 bits per heavy atom. The van der Waals surface area contributed by atoms with Crippen LogP contribution in [0.1, 0.15) is 47.6 Å². The van der Waals surface area contributed by atoms with Crippen molar-refractivity contribution in [1.29, 1.82) is 5.26 Å². The van der Waals surface area contributed by atoms with Gasteiger partial charge >= 0.3 is 0 Å². The van der Waals surface area contributed by atoms with Gasteiger partial charge in [0.2, 0.25) is 0 Å². The maximum Gasteiger partial charge on any atom is 0.0770 e. The maximum absolute atomic E-state index is 9.66. The minimum atomic E-state index is -0.185. The molecule has 1 aromatic carbocycles. The fourth-order valence-corrected chi connectivity index (χ4v) is 3.35. The quantitative estimate of drug-likeness (QED) is 0.820. The van der Waals surface area contributed by atoms with Gasteiger partial charge in [-0.15, -0.1) is 0 Å². The molecule has 102 valence electrons. The first-order valence-electron chi connectivity index (χ1n) is 7.07. The number of hydrogen-bond donors (Lipinski definition) is 0. The van der Waals surface area contributed by atoms with E-state index in [1.165, 1.54) is 28.7 Å². The van der Waals surface area contributed by atoms with Gasteiger partial charge in [-0.3, -0.25) is 0 Å². The van der Waals surface area contributed by atoms with E-state index in [0.717, 1.165) is 12.8 Å². The standard InChI is InChI=1S/C17H24N2/c1-12-7-8-15(14(3)13(12)2)16(19(4)5)17(11-18)9-6-10-17/h7-8,16H,6,9-10H2,1-5H3. The number of aryl methyl sites for hydroxylation is 1. The predicted octanol–water partition coefficient (Wildman–Crippen LogP) is 3.91. The molecule has 0 spiro atoms. The molecule has 0 amide bonds. The lowest BCUT2D eigenvalue weighted by atomic mass is 9.62. The lowest BCUT2D eigenvalue weighted by Crippen LogP contribution is -2.42. The molecule has 2 rings (SSSR count). The molecule has 1 aliphatic carbocycles. The largest absolute Gasteiger partial charge is 0.301 e. The lowest BCUT2D eigenvalue weighted by molar-refractivity contribution is 0.0744. The van der Waals surface area contributed by atoms with Gasteiger partial charge in [-0.1, -0.05) is 18.6 Å².